The monoisotopic (exact) mass is 358 g/mol. The maximum Gasteiger partial charge on any atom is 0.238 e. The fraction of sp³-hybridized carbons (Fsp3) is 0.208. The molecule has 0 radical (unpaired) electrons. The van der Waals surface area contributed by atoms with Gasteiger partial charge in [0.2, 0.25) is 5.91 Å². The van der Waals surface area contributed by atoms with Crippen LogP contribution in [0.2, 0.25) is 0 Å². The molecule has 0 saturated carbocycles. The van der Waals surface area contributed by atoms with Crippen molar-refractivity contribution in [3.8, 4) is 0 Å². The first-order valence-corrected chi connectivity index (χ1v) is 9.32. The van der Waals surface area contributed by atoms with Crippen LogP contribution in [-0.4, -0.2) is 12.5 Å². The van der Waals surface area contributed by atoms with Gasteiger partial charge in [-0.2, -0.15) is 0 Å². The van der Waals surface area contributed by atoms with Gasteiger partial charge in [-0.25, -0.2) is 0 Å². The van der Waals surface area contributed by atoms with Gasteiger partial charge in [-0.05, 0) is 48.6 Å². The molecule has 1 amide bonds. The van der Waals surface area contributed by atoms with Crippen molar-refractivity contribution in [3.63, 3.8) is 0 Å². The molecule has 0 aliphatic rings. The van der Waals surface area contributed by atoms with E-state index in [1.165, 1.54) is 16.7 Å². The van der Waals surface area contributed by atoms with Crippen molar-refractivity contribution in [2.45, 2.75) is 26.3 Å². The third kappa shape index (κ3) is 5.28. The molecule has 1 unspecified atom stereocenters. The molecule has 3 aromatic carbocycles. The third-order valence-electron chi connectivity index (χ3n) is 4.87. The van der Waals surface area contributed by atoms with Crippen LogP contribution >= 0.6 is 0 Å². The number of aryl methyl sites for hydroxylation is 1. The molecule has 138 valence electrons. The topological polar surface area (TPSA) is 41.1 Å². The quantitative estimate of drug-likeness (QED) is 0.636. The first-order chi connectivity index (χ1) is 13.1. The summed E-state index contributed by atoms with van der Waals surface area (Å²) >= 11 is 0. The van der Waals surface area contributed by atoms with Crippen LogP contribution in [0.15, 0.2) is 78.9 Å². The average Bonchev–Trinajstić information content (AvgIpc) is 2.70. The van der Waals surface area contributed by atoms with Gasteiger partial charge in [-0.3, -0.25) is 4.79 Å². The van der Waals surface area contributed by atoms with Crippen molar-refractivity contribution in [1.82, 2.24) is 5.32 Å². The van der Waals surface area contributed by atoms with Gasteiger partial charge in [-0.15, -0.1) is 0 Å². The summed E-state index contributed by atoms with van der Waals surface area (Å²) in [4.78, 5) is 12.5. The number of nitrogens with one attached hydrogen (secondary N) is 2. The zero-order valence-corrected chi connectivity index (χ0v) is 15.9. The summed E-state index contributed by atoms with van der Waals surface area (Å²) in [7, 11) is 0. The van der Waals surface area contributed by atoms with Crippen molar-refractivity contribution in [1.29, 1.82) is 0 Å². The summed E-state index contributed by atoms with van der Waals surface area (Å²) in [5.74, 6) is -0.0299. The van der Waals surface area contributed by atoms with E-state index in [0.29, 0.717) is 0 Å². The molecule has 0 aromatic heterocycles. The van der Waals surface area contributed by atoms with Gasteiger partial charge < -0.3 is 10.6 Å². The highest BCUT2D eigenvalue weighted by Gasteiger charge is 2.14. The minimum Gasteiger partial charge on any atom is -0.325 e. The second kappa shape index (κ2) is 9.15. The van der Waals surface area contributed by atoms with E-state index < -0.39 is 0 Å². The lowest BCUT2D eigenvalue weighted by molar-refractivity contribution is -0.115. The largest absolute Gasteiger partial charge is 0.325 e. The minimum atomic E-state index is -0.0299. The normalized spacial score (nSPS) is 11.8. The standard InChI is InChI=1S/C24H26N2O/c1-18-10-9-15-22(19(18)2)26-24(27)17-25-23(21-13-7-4-8-14-21)16-20-11-5-3-6-12-20/h3-15,23,25H,16-17H2,1-2H3,(H,26,27). The predicted octanol–water partition coefficient (Wildman–Crippen LogP) is 4.82. The van der Waals surface area contributed by atoms with Gasteiger partial charge in [0.05, 0.1) is 6.54 Å². The molecule has 0 saturated heterocycles. The fourth-order valence-electron chi connectivity index (χ4n) is 3.14. The molecule has 2 N–H and O–H groups in total. The molecular weight excluding hydrogens is 332 g/mol. The Balaban J connectivity index is 1.67. The van der Waals surface area contributed by atoms with E-state index in [2.05, 4.69) is 47.9 Å². The summed E-state index contributed by atoms with van der Waals surface area (Å²) in [5, 5.41) is 6.45. The van der Waals surface area contributed by atoms with Gasteiger partial charge >= 0.3 is 0 Å². The van der Waals surface area contributed by atoms with Crippen LogP contribution in [0.5, 0.6) is 0 Å². The number of anilines is 1. The fourth-order valence-corrected chi connectivity index (χ4v) is 3.14. The zero-order valence-electron chi connectivity index (χ0n) is 15.9. The Hall–Kier alpha value is -2.91. The Labute approximate surface area is 161 Å². The number of hydrogen-bond acceptors (Lipinski definition) is 2. The number of amides is 1. The molecule has 0 fully saturated rings. The van der Waals surface area contributed by atoms with E-state index in [4.69, 9.17) is 0 Å². The third-order valence-corrected chi connectivity index (χ3v) is 4.87. The van der Waals surface area contributed by atoms with Crippen molar-refractivity contribution in [3.05, 3.63) is 101 Å². The highest BCUT2D eigenvalue weighted by atomic mass is 16.1. The lowest BCUT2D eigenvalue weighted by atomic mass is 9.99. The smallest absolute Gasteiger partial charge is 0.238 e. The van der Waals surface area contributed by atoms with Crippen molar-refractivity contribution in [2.75, 3.05) is 11.9 Å². The van der Waals surface area contributed by atoms with Crippen LogP contribution < -0.4 is 10.6 Å². The second-order valence-electron chi connectivity index (χ2n) is 6.83. The average molecular weight is 358 g/mol. The summed E-state index contributed by atoms with van der Waals surface area (Å²) in [5.41, 5.74) is 5.58. The van der Waals surface area contributed by atoms with E-state index in [-0.39, 0.29) is 18.5 Å². The molecule has 1 atom stereocenters. The SMILES string of the molecule is Cc1cccc(NC(=O)CNC(Cc2ccccc2)c2ccccc2)c1C. The Morgan fingerprint density at radius 3 is 2.22 bits per heavy atom. The summed E-state index contributed by atoms with van der Waals surface area (Å²) in [6.07, 6.45) is 0.835. The molecule has 0 bridgehead atoms. The number of benzene rings is 3. The predicted molar refractivity (Wildman–Crippen MR) is 112 cm³/mol. The van der Waals surface area contributed by atoms with E-state index in [1.54, 1.807) is 0 Å². The Morgan fingerprint density at radius 2 is 1.52 bits per heavy atom. The second-order valence-corrected chi connectivity index (χ2v) is 6.83. The van der Waals surface area contributed by atoms with Crippen molar-refractivity contribution in [2.24, 2.45) is 0 Å². The number of carbonyl (C=O) groups is 1. The maximum atomic E-state index is 12.5. The van der Waals surface area contributed by atoms with E-state index in [0.717, 1.165) is 17.7 Å². The van der Waals surface area contributed by atoms with Crippen LogP contribution in [0, 0.1) is 13.8 Å². The summed E-state index contributed by atoms with van der Waals surface area (Å²) in [6.45, 7) is 4.34. The Kier molecular flexibility index (Phi) is 6.39. The highest BCUT2D eigenvalue weighted by Crippen LogP contribution is 2.19. The minimum absolute atomic E-state index is 0.0299. The molecule has 0 heterocycles. The number of hydrogen-bond donors (Lipinski definition) is 2. The lowest BCUT2D eigenvalue weighted by Crippen LogP contribution is -2.32. The first-order valence-electron chi connectivity index (χ1n) is 9.32. The molecule has 3 rings (SSSR count). The van der Waals surface area contributed by atoms with E-state index >= 15 is 0 Å². The van der Waals surface area contributed by atoms with E-state index in [1.807, 2.05) is 55.5 Å². The number of rotatable bonds is 7. The first kappa shape index (κ1) is 18.9. The van der Waals surface area contributed by atoms with Crippen molar-refractivity contribution < 1.29 is 4.79 Å². The molecule has 3 aromatic rings. The molecule has 0 aliphatic heterocycles. The lowest BCUT2D eigenvalue weighted by Gasteiger charge is -2.20. The van der Waals surface area contributed by atoms with Gasteiger partial charge in [0.25, 0.3) is 0 Å². The Bertz CT molecular complexity index is 875. The molecule has 0 aliphatic carbocycles. The van der Waals surface area contributed by atoms with Crippen molar-refractivity contribution >= 4 is 11.6 Å². The maximum absolute atomic E-state index is 12.5. The Morgan fingerprint density at radius 1 is 0.852 bits per heavy atom. The highest BCUT2D eigenvalue weighted by molar-refractivity contribution is 5.93. The molecule has 27 heavy (non-hydrogen) atoms. The van der Waals surface area contributed by atoms with Crippen LogP contribution in [-0.2, 0) is 11.2 Å². The van der Waals surface area contributed by atoms with E-state index in [9.17, 15) is 4.79 Å². The van der Waals surface area contributed by atoms with Crippen LogP contribution in [0.1, 0.15) is 28.3 Å². The van der Waals surface area contributed by atoms with Gasteiger partial charge in [0.15, 0.2) is 0 Å². The van der Waals surface area contributed by atoms with Crippen LogP contribution in [0.3, 0.4) is 0 Å². The molecule has 3 heteroatoms. The summed E-state index contributed by atoms with van der Waals surface area (Å²) in [6, 6.07) is 26.7. The van der Waals surface area contributed by atoms with Gasteiger partial charge in [-0.1, -0.05) is 72.8 Å². The molecule has 0 spiro atoms. The van der Waals surface area contributed by atoms with Gasteiger partial charge in [0.1, 0.15) is 0 Å². The van der Waals surface area contributed by atoms with Crippen LogP contribution in [0.4, 0.5) is 5.69 Å². The molecular formula is C24H26N2O. The van der Waals surface area contributed by atoms with Crippen LogP contribution in [0.25, 0.3) is 0 Å². The molecule has 3 nitrogen and oxygen atoms in total. The zero-order chi connectivity index (χ0) is 19.1. The van der Waals surface area contributed by atoms with Gasteiger partial charge in [0, 0.05) is 11.7 Å². The number of carbonyl (C=O) groups excluding carboxylic acids is 1. The summed E-state index contributed by atoms with van der Waals surface area (Å²) < 4.78 is 0.